The van der Waals surface area contributed by atoms with Gasteiger partial charge in [0.2, 0.25) is 5.91 Å². The van der Waals surface area contributed by atoms with E-state index in [1.165, 1.54) is 12.8 Å². The van der Waals surface area contributed by atoms with Gasteiger partial charge in [-0.15, -0.1) is 0 Å². The Morgan fingerprint density at radius 1 is 1.33 bits per heavy atom. The van der Waals surface area contributed by atoms with Gasteiger partial charge in [0, 0.05) is 53.4 Å². The molecule has 0 saturated heterocycles. The molecule has 0 aromatic carbocycles. The van der Waals surface area contributed by atoms with Gasteiger partial charge in [-0.1, -0.05) is 0 Å². The summed E-state index contributed by atoms with van der Waals surface area (Å²) in [5.74, 6) is 1.71. The van der Waals surface area contributed by atoms with Crippen molar-refractivity contribution in [1.29, 1.82) is 0 Å². The van der Waals surface area contributed by atoms with E-state index in [0.29, 0.717) is 13.0 Å². The first kappa shape index (κ1) is 17.8. The molecule has 0 aromatic rings. The molecule has 0 unspecified atom stereocenters. The Kier molecular flexibility index (Phi) is 8.82. The lowest BCUT2D eigenvalue weighted by Gasteiger charge is -2.13. The molecule has 0 aliphatic heterocycles. The highest BCUT2D eigenvalue weighted by Crippen LogP contribution is 2.28. The Hall–Kier alpha value is -1.30. The van der Waals surface area contributed by atoms with Gasteiger partial charge in [-0.2, -0.15) is 0 Å². The van der Waals surface area contributed by atoms with Crippen LogP contribution in [0.15, 0.2) is 4.99 Å². The van der Waals surface area contributed by atoms with Crippen LogP contribution in [0.1, 0.15) is 32.6 Å². The average molecular weight is 298 g/mol. The minimum Gasteiger partial charge on any atom is -0.381 e. The number of ether oxygens (including phenoxy) is 1. The Labute approximate surface area is 128 Å². The van der Waals surface area contributed by atoms with Crippen molar-refractivity contribution in [2.24, 2.45) is 10.9 Å². The van der Waals surface area contributed by atoms with Gasteiger partial charge >= 0.3 is 0 Å². The number of hydrogen-bond donors (Lipinski definition) is 2. The van der Waals surface area contributed by atoms with E-state index < -0.39 is 0 Å². The van der Waals surface area contributed by atoms with Gasteiger partial charge < -0.3 is 20.3 Å². The molecule has 1 amide bonds. The first-order chi connectivity index (χ1) is 10.1. The third-order valence-corrected chi connectivity index (χ3v) is 3.24. The van der Waals surface area contributed by atoms with E-state index in [2.05, 4.69) is 15.6 Å². The van der Waals surface area contributed by atoms with Crippen LogP contribution in [0.4, 0.5) is 0 Å². The lowest BCUT2D eigenvalue weighted by Crippen LogP contribution is -2.39. The maximum Gasteiger partial charge on any atom is 0.223 e. The second kappa shape index (κ2) is 10.4. The van der Waals surface area contributed by atoms with E-state index in [9.17, 15) is 4.79 Å². The number of nitrogens with one attached hydrogen (secondary N) is 2. The summed E-state index contributed by atoms with van der Waals surface area (Å²) in [6, 6.07) is 0. The number of amides is 1. The van der Waals surface area contributed by atoms with Crippen molar-refractivity contribution >= 4 is 11.9 Å². The minimum absolute atomic E-state index is 0.117. The van der Waals surface area contributed by atoms with Crippen LogP contribution in [-0.4, -0.2) is 63.7 Å². The van der Waals surface area contributed by atoms with Crippen molar-refractivity contribution in [2.75, 3.05) is 46.9 Å². The highest BCUT2D eigenvalue weighted by atomic mass is 16.5. The molecule has 122 valence electrons. The van der Waals surface area contributed by atoms with Crippen molar-refractivity contribution < 1.29 is 9.53 Å². The van der Waals surface area contributed by atoms with Crippen molar-refractivity contribution in [3.63, 3.8) is 0 Å². The fraction of sp³-hybridized carbons (Fsp3) is 0.867. The molecule has 21 heavy (non-hydrogen) atoms. The molecule has 1 aliphatic carbocycles. The molecule has 0 heterocycles. The summed E-state index contributed by atoms with van der Waals surface area (Å²) in [7, 11) is 3.53. The van der Waals surface area contributed by atoms with E-state index in [4.69, 9.17) is 4.74 Å². The first-order valence-corrected chi connectivity index (χ1v) is 7.93. The number of guanidine groups is 1. The van der Waals surface area contributed by atoms with Gasteiger partial charge in [0.25, 0.3) is 0 Å². The summed E-state index contributed by atoms with van der Waals surface area (Å²) in [6.45, 7) is 5.86. The van der Waals surface area contributed by atoms with Crippen LogP contribution in [0.5, 0.6) is 0 Å². The summed E-state index contributed by atoms with van der Waals surface area (Å²) in [5, 5.41) is 6.35. The third kappa shape index (κ3) is 9.28. The molecular weight excluding hydrogens is 268 g/mol. The number of rotatable bonds is 10. The second-order valence-corrected chi connectivity index (χ2v) is 5.60. The number of nitrogens with zero attached hydrogens (tertiary/aromatic N) is 2. The number of carbonyl (C=O) groups is 1. The lowest BCUT2D eigenvalue weighted by molar-refractivity contribution is -0.128. The van der Waals surface area contributed by atoms with E-state index in [0.717, 1.165) is 44.6 Å². The SMILES string of the molecule is CCNC(=NCCCOCC1CC1)NCCC(=O)N(C)C. The quantitative estimate of drug-likeness (QED) is 0.356. The van der Waals surface area contributed by atoms with Crippen LogP contribution < -0.4 is 10.6 Å². The van der Waals surface area contributed by atoms with Gasteiger partial charge in [0.1, 0.15) is 0 Å². The van der Waals surface area contributed by atoms with E-state index in [1.807, 2.05) is 6.92 Å². The van der Waals surface area contributed by atoms with Crippen LogP contribution in [-0.2, 0) is 9.53 Å². The Balaban J connectivity index is 2.10. The van der Waals surface area contributed by atoms with E-state index in [-0.39, 0.29) is 5.91 Å². The third-order valence-electron chi connectivity index (χ3n) is 3.24. The molecule has 6 heteroatoms. The van der Waals surface area contributed by atoms with Crippen molar-refractivity contribution in [1.82, 2.24) is 15.5 Å². The van der Waals surface area contributed by atoms with Crippen molar-refractivity contribution in [3.8, 4) is 0 Å². The smallest absolute Gasteiger partial charge is 0.223 e. The van der Waals surface area contributed by atoms with Gasteiger partial charge in [-0.3, -0.25) is 9.79 Å². The molecule has 0 radical (unpaired) electrons. The zero-order chi connectivity index (χ0) is 15.5. The molecule has 0 bridgehead atoms. The van der Waals surface area contributed by atoms with Crippen LogP contribution in [0, 0.1) is 5.92 Å². The summed E-state index contributed by atoms with van der Waals surface area (Å²) in [4.78, 5) is 17.6. The fourth-order valence-electron chi connectivity index (χ4n) is 1.75. The number of aliphatic imine (C=N–C) groups is 1. The molecule has 6 nitrogen and oxygen atoms in total. The standard InChI is InChI=1S/C15H30N4O2/c1-4-16-15(18-10-8-14(20)19(2)3)17-9-5-11-21-12-13-6-7-13/h13H,4-12H2,1-3H3,(H2,16,17,18). The molecule has 1 aliphatic rings. The van der Waals surface area contributed by atoms with Gasteiger partial charge in [-0.05, 0) is 32.1 Å². The van der Waals surface area contributed by atoms with Crippen LogP contribution in [0.25, 0.3) is 0 Å². The van der Waals surface area contributed by atoms with Crippen molar-refractivity contribution in [3.05, 3.63) is 0 Å². The number of hydrogen-bond acceptors (Lipinski definition) is 3. The molecule has 1 rings (SSSR count). The summed E-state index contributed by atoms with van der Waals surface area (Å²) in [6.07, 6.45) is 4.07. The van der Waals surface area contributed by atoms with Crippen LogP contribution >= 0.6 is 0 Å². The largest absolute Gasteiger partial charge is 0.381 e. The Morgan fingerprint density at radius 3 is 2.71 bits per heavy atom. The predicted octanol–water partition coefficient (Wildman–Crippen LogP) is 0.837. The molecular formula is C15H30N4O2. The van der Waals surface area contributed by atoms with Gasteiger partial charge in [0.05, 0.1) is 0 Å². The average Bonchev–Trinajstić information content (AvgIpc) is 3.26. The highest BCUT2D eigenvalue weighted by molar-refractivity contribution is 5.81. The molecule has 0 spiro atoms. The van der Waals surface area contributed by atoms with Crippen LogP contribution in [0.3, 0.4) is 0 Å². The molecule has 1 fully saturated rings. The van der Waals surface area contributed by atoms with Crippen LogP contribution in [0.2, 0.25) is 0 Å². The first-order valence-electron chi connectivity index (χ1n) is 7.93. The van der Waals surface area contributed by atoms with Crippen molar-refractivity contribution in [2.45, 2.75) is 32.6 Å². The molecule has 1 saturated carbocycles. The monoisotopic (exact) mass is 298 g/mol. The fourth-order valence-corrected chi connectivity index (χ4v) is 1.75. The predicted molar refractivity (Wildman–Crippen MR) is 85.5 cm³/mol. The molecule has 0 aromatic heterocycles. The van der Waals surface area contributed by atoms with Gasteiger partial charge in [-0.25, -0.2) is 0 Å². The van der Waals surface area contributed by atoms with Gasteiger partial charge in [0.15, 0.2) is 5.96 Å². The maximum absolute atomic E-state index is 11.5. The molecule has 2 N–H and O–H groups in total. The molecule has 0 atom stereocenters. The summed E-state index contributed by atoms with van der Waals surface area (Å²) < 4.78 is 5.58. The zero-order valence-corrected chi connectivity index (χ0v) is 13.7. The second-order valence-electron chi connectivity index (χ2n) is 5.60. The normalized spacial score (nSPS) is 14.9. The lowest BCUT2D eigenvalue weighted by atomic mass is 10.4. The van der Waals surface area contributed by atoms with E-state index in [1.54, 1.807) is 19.0 Å². The number of carbonyl (C=O) groups excluding carboxylic acids is 1. The minimum atomic E-state index is 0.117. The highest BCUT2D eigenvalue weighted by Gasteiger charge is 2.20. The summed E-state index contributed by atoms with van der Waals surface area (Å²) in [5.41, 5.74) is 0. The summed E-state index contributed by atoms with van der Waals surface area (Å²) >= 11 is 0. The maximum atomic E-state index is 11.5. The zero-order valence-electron chi connectivity index (χ0n) is 13.7. The topological polar surface area (TPSA) is 66.0 Å². The Morgan fingerprint density at radius 2 is 2.10 bits per heavy atom. The van der Waals surface area contributed by atoms with E-state index >= 15 is 0 Å². The Bertz CT molecular complexity index is 328.